The molecule has 32 heavy (non-hydrogen) atoms. The van der Waals surface area contributed by atoms with Crippen molar-refractivity contribution in [3.05, 3.63) is 57.5 Å². The lowest BCUT2D eigenvalue weighted by molar-refractivity contribution is -0.125. The number of carbonyl (C=O) groups is 3. The molecule has 1 saturated heterocycles. The predicted molar refractivity (Wildman–Crippen MR) is 121 cm³/mol. The van der Waals surface area contributed by atoms with Crippen molar-refractivity contribution in [1.29, 1.82) is 0 Å². The third-order valence-electron chi connectivity index (χ3n) is 5.49. The Morgan fingerprint density at radius 2 is 1.84 bits per heavy atom. The van der Waals surface area contributed by atoms with Crippen LogP contribution in [0.2, 0.25) is 0 Å². The van der Waals surface area contributed by atoms with E-state index in [9.17, 15) is 18.8 Å². The number of nitrogens with one attached hydrogen (secondary N) is 1. The Kier molecular flexibility index (Phi) is 9.08. The molecule has 8 heteroatoms. The van der Waals surface area contributed by atoms with E-state index in [0.29, 0.717) is 37.7 Å². The largest absolute Gasteiger partial charge is 0.379 e. The molecule has 0 saturated carbocycles. The first-order valence-corrected chi connectivity index (χ1v) is 11.7. The van der Waals surface area contributed by atoms with Crippen molar-refractivity contribution in [2.45, 2.75) is 38.6 Å². The molecular weight excluding hydrogens is 431 g/mol. The van der Waals surface area contributed by atoms with Crippen LogP contribution >= 0.6 is 11.3 Å². The van der Waals surface area contributed by atoms with Crippen LogP contribution in [0.5, 0.6) is 0 Å². The van der Waals surface area contributed by atoms with Crippen molar-refractivity contribution in [3.63, 3.8) is 0 Å². The maximum atomic E-state index is 13.8. The number of amides is 1. The number of ether oxygens (including phenoxy) is 1. The SMILES string of the molecule is Cc1ccc(C(=O)CCC(=O)CCC(=O)NCC(c2cccc(F)c2)N2CCOCC2)s1. The predicted octanol–water partition coefficient (Wildman–Crippen LogP) is 3.70. The van der Waals surface area contributed by atoms with E-state index in [0.717, 1.165) is 10.4 Å². The molecule has 1 aliphatic rings. The molecule has 0 bridgehead atoms. The normalized spacial score (nSPS) is 15.3. The number of ketones is 2. The second-order valence-corrected chi connectivity index (χ2v) is 9.18. The highest BCUT2D eigenvalue weighted by Gasteiger charge is 2.23. The molecule has 6 nitrogen and oxygen atoms in total. The number of benzene rings is 1. The molecule has 172 valence electrons. The lowest BCUT2D eigenvalue weighted by Gasteiger charge is -2.35. The van der Waals surface area contributed by atoms with Crippen molar-refractivity contribution in [1.82, 2.24) is 10.2 Å². The van der Waals surface area contributed by atoms with Gasteiger partial charge in [0.05, 0.1) is 24.1 Å². The van der Waals surface area contributed by atoms with E-state index in [1.165, 1.54) is 23.5 Å². The molecule has 0 aliphatic carbocycles. The number of rotatable bonds is 11. The molecule has 1 N–H and O–H groups in total. The summed E-state index contributed by atoms with van der Waals surface area (Å²) in [4.78, 5) is 40.5. The lowest BCUT2D eigenvalue weighted by atomic mass is 10.0. The molecule has 2 heterocycles. The summed E-state index contributed by atoms with van der Waals surface area (Å²) in [6.07, 6.45) is 0.483. The summed E-state index contributed by atoms with van der Waals surface area (Å²) in [5, 5.41) is 2.89. The van der Waals surface area contributed by atoms with Gasteiger partial charge in [0.25, 0.3) is 0 Å². The van der Waals surface area contributed by atoms with Crippen LogP contribution in [0.4, 0.5) is 4.39 Å². The van der Waals surface area contributed by atoms with E-state index in [2.05, 4.69) is 10.2 Å². The van der Waals surface area contributed by atoms with Crippen LogP contribution in [0, 0.1) is 12.7 Å². The second-order valence-electron chi connectivity index (χ2n) is 7.90. The van der Waals surface area contributed by atoms with Gasteiger partial charge in [-0.1, -0.05) is 12.1 Å². The van der Waals surface area contributed by atoms with Crippen LogP contribution in [-0.2, 0) is 14.3 Å². The molecular formula is C24H29FN2O4S. The maximum Gasteiger partial charge on any atom is 0.220 e. The fourth-order valence-electron chi connectivity index (χ4n) is 3.70. The Hall–Kier alpha value is -2.42. The Morgan fingerprint density at radius 3 is 2.53 bits per heavy atom. The fourth-order valence-corrected chi connectivity index (χ4v) is 4.53. The van der Waals surface area contributed by atoms with Crippen molar-refractivity contribution < 1.29 is 23.5 Å². The first-order valence-electron chi connectivity index (χ1n) is 10.9. The zero-order valence-corrected chi connectivity index (χ0v) is 19.1. The minimum atomic E-state index is -0.315. The Balaban J connectivity index is 1.45. The lowest BCUT2D eigenvalue weighted by Crippen LogP contribution is -2.43. The smallest absolute Gasteiger partial charge is 0.220 e. The number of Topliss-reactive ketones (excluding diaryl/α,β-unsaturated/α-hetero) is 2. The van der Waals surface area contributed by atoms with Gasteiger partial charge in [0.15, 0.2) is 5.78 Å². The number of nitrogens with zero attached hydrogens (tertiary/aromatic N) is 1. The third-order valence-corrected chi connectivity index (χ3v) is 6.53. The first-order chi connectivity index (χ1) is 15.4. The minimum Gasteiger partial charge on any atom is -0.379 e. The molecule has 1 atom stereocenters. The van der Waals surface area contributed by atoms with Crippen molar-refractivity contribution in [2.24, 2.45) is 0 Å². The number of halogens is 1. The molecule has 3 rings (SSSR count). The highest BCUT2D eigenvalue weighted by molar-refractivity contribution is 7.14. The van der Waals surface area contributed by atoms with Crippen LogP contribution in [-0.4, -0.2) is 55.2 Å². The minimum absolute atomic E-state index is 0.0376. The zero-order chi connectivity index (χ0) is 22.9. The number of hydrogen-bond acceptors (Lipinski definition) is 6. The van der Waals surface area contributed by atoms with E-state index < -0.39 is 0 Å². The standard InChI is InChI=1S/C24H29FN2O4S/c1-17-5-9-23(32-17)22(29)8-6-20(28)7-10-24(30)26-16-21(27-11-13-31-14-12-27)18-3-2-4-19(25)15-18/h2-5,9,15,21H,6-8,10-14,16H2,1H3,(H,26,30). The molecule has 1 aliphatic heterocycles. The van der Waals surface area contributed by atoms with Gasteiger partial charge in [-0.2, -0.15) is 0 Å². The molecule has 0 spiro atoms. The molecule has 1 aromatic carbocycles. The Labute approximate surface area is 191 Å². The second kappa shape index (κ2) is 12.0. The highest BCUT2D eigenvalue weighted by Crippen LogP contribution is 2.22. The number of aryl methyl sites for hydroxylation is 1. The average molecular weight is 461 g/mol. The van der Waals surface area contributed by atoms with Gasteiger partial charge in [-0.25, -0.2) is 4.39 Å². The summed E-state index contributed by atoms with van der Waals surface area (Å²) in [7, 11) is 0. The summed E-state index contributed by atoms with van der Waals surface area (Å²) in [5.74, 6) is -0.681. The molecule has 1 unspecified atom stereocenters. The molecule has 2 aromatic rings. The summed E-state index contributed by atoms with van der Waals surface area (Å²) >= 11 is 1.43. The summed E-state index contributed by atoms with van der Waals surface area (Å²) in [6.45, 7) is 4.85. The summed E-state index contributed by atoms with van der Waals surface area (Å²) < 4.78 is 19.2. The Bertz CT molecular complexity index is 940. The highest BCUT2D eigenvalue weighted by atomic mass is 32.1. The van der Waals surface area contributed by atoms with Gasteiger partial charge in [-0.05, 0) is 36.8 Å². The molecule has 1 amide bonds. The van der Waals surface area contributed by atoms with Gasteiger partial charge in [0, 0.05) is 50.2 Å². The molecule has 1 aromatic heterocycles. The van der Waals surface area contributed by atoms with Crippen LogP contribution in [0.3, 0.4) is 0 Å². The maximum absolute atomic E-state index is 13.8. The quantitative estimate of drug-likeness (QED) is 0.518. The molecule has 1 fully saturated rings. The van der Waals surface area contributed by atoms with Gasteiger partial charge in [0.1, 0.15) is 11.6 Å². The van der Waals surface area contributed by atoms with Gasteiger partial charge in [-0.15, -0.1) is 11.3 Å². The van der Waals surface area contributed by atoms with E-state index in [4.69, 9.17) is 4.74 Å². The van der Waals surface area contributed by atoms with E-state index >= 15 is 0 Å². The van der Waals surface area contributed by atoms with Crippen molar-refractivity contribution in [3.8, 4) is 0 Å². The van der Waals surface area contributed by atoms with Crippen molar-refractivity contribution >= 4 is 28.8 Å². The number of thiophene rings is 1. The number of hydrogen-bond donors (Lipinski definition) is 1. The summed E-state index contributed by atoms with van der Waals surface area (Å²) in [5.41, 5.74) is 0.797. The zero-order valence-electron chi connectivity index (χ0n) is 18.3. The fraction of sp³-hybridized carbons (Fsp3) is 0.458. The monoisotopic (exact) mass is 460 g/mol. The van der Waals surface area contributed by atoms with E-state index in [1.807, 2.05) is 19.1 Å². The van der Waals surface area contributed by atoms with Gasteiger partial charge in [-0.3, -0.25) is 19.3 Å². The number of carbonyl (C=O) groups excluding carboxylic acids is 3. The topological polar surface area (TPSA) is 75.7 Å². The van der Waals surface area contributed by atoms with Crippen molar-refractivity contribution in [2.75, 3.05) is 32.8 Å². The van der Waals surface area contributed by atoms with Gasteiger partial charge in [0.2, 0.25) is 5.91 Å². The van der Waals surface area contributed by atoms with Crippen LogP contribution < -0.4 is 5.32 Å². The van der Waals surface area contributed by atoms with E-state index in [-0.39, 0.29) is 55.0 Å². The average Bonchev–Trinajstić information content (AvgIpc) is 3.23. The molecule has 0 radical (unpaired) electrons. The van der Waals surface area contributed by atoms with Gasteiger partial charge >= 0.3 is 0 Å². The van der Waals surface area contributed by atoms with Crippen LogP contribution in [0.1, 0.15) is 51.8 Å². The van der Waals surface area contributed by atoms with Crippen LogP contribution in [0.15, 0.2) is 36.4 Å². The Morgan fingerprint density at radius 1 is 1.09 bits per heavy atom. The number of morpholine rings is 1. The first kappa shape index (κ1) is 24.2. The van der Waals surface area contributed by atoms with Gasteiger partial charge < -0.3 is 10.1 Å². The third kappa shape index (κ3) is 7.32. The van der Waals surface area contributed by atoms with E-state index in [1.54, 1.807) is 12.1 Å². The summed E-state index contributed by atoms with van der Waals surface area (Å²) in [6, 6.07) is 9.90. The van der Waals surface area contributed by atoms with Crippen LogP contribution in [0.25, 0.3) is 0 Å².